The molecule has 0 bridgehead atoms. The van der Waals surface area contributed by atoms with E-state index in [0.717, 1.165) is 6.07 Å². The van der Waals surface area contributed by atoms with Gasteiger partial charge in [-0.1, -0.05) is 0 Å². The summed E-state index contributed by atoms with van der Waals surface area (Å²) in [6, 6.07) is 6.45. The largest absolute Gasteiger partial charge is 0.508 e. The van der Waals surface area contributed by atoms with Crippen molar-refractivity contribution in [3.8, 4) is 5.75 Å². The maximum Gasteiger partial charge on any atom is 0.254 e. The number of phenols is 1. The van der Waals surface area contributed by atoms with Crippen molar-refractivity contribution >= 4 is 5.91 Å². The van der Waals surface area contributed by atoms with E-state index in [0.29, 0.717) is 5.76 Å². The summed E-state index contributed by atoms with van der Waals surface area (Å²) in [5, 5.41) is 11.7. The van der Waals surface area contributed by atoms with Gasteiger partial charge in [-0.15, -0.1) is 0 Å². The molecule has 2 aromatic rings. The Labute approximate surface area is 103 Å². The first-order valence-corrected chi connectivity index (χ1v) is 5.40. The Morgan fingerprint density at radius 2 is 2.22 bits per heavy atom. The molecule has 1 amide bonds. The Bertz CT molecular complexity index is 551. The molecule has 1 atom stereocenters. The van der Waals surface area contributed by atoms with Crippen LogP contribution >= 0.6 is 0 Å². The van der Waals surface area contributed by atoms with Crippen molar-refractivity contribution in [2.45, 2.75) is 13.0 Å². The summed E-state index contributed by atoms with van der Waals surface area (Å²) < 4.78 is 18.6. The van der Waals surface area contributed by atoms with Gasteiger partial charge in [0.15, 0.2) is 0 Å². The number of furan rings is 1. The summed E-state index contributed by atoms with van der Waals surface area (Å²) in [6.07, 6.45) is 1.50. The molecule has 0 fully saturated rings. The number of aromatic hydroxyl groups is 1. The van der Waals surface area contributed by atoms with Gasteiger partial charge < -0.3 is 14.8 Å². The first kappa shape index (κ1) is 12.2. The second kappa shape index (κ2) is 4.91. The average Bonchev–Trinajstić information content (AvgIpc) is 2.81. The number of halogens is 1. The third kappa shape index (κ3) is 2.51. The summed E-state index contributed by atoms with van der Waals surface area (Å²) in [7, 11) is 0. The highest BCUT2D eigenvalue weighted by molar-refractivity contribution is 5.94. The second-order valence-corrected chi connectivity index (χ2v) is 3.87. The number of rotatable bonds is 3. The lowest BCUT2D eigenvalue weighted by Gasteiger charge is -2.11. The average molecular weight is 249 g/mol. The summed E-state index contributed by atoms with van der Waals surface area (Å²) in [4.78, 5) is 11.8. The van der Waals surface area contributed by atoms with Crippen LogP contribution in [0.15, 0.2) is 41.0 Å². The molecule has 0 spiro atoms. The highest BCUT2D eigenvalue weighted by atomic mass is 19.1. The maximum atomic E-state index is 13.4. The smallest absolute Gasteiger partial charge is 0.254 e. The third-order valence-corrected chi connectivity index (χ3v) is 2.51. The van der Waals surface area contributed by atoms with Crippen LogP contribution in [0.1, 0.15) is 29.1 Å². The minimum atomic E-state index is -0.765. The fourth-order valence-electron chi connectivity index (χ4n) is 1.57. The minimum Gasteiger partial charge on any atom is -0.508 e. The molecule has 94 valence electrons. The first-order chi connectivity index (χ1) is 8.58. The quantitative estimate of drug-likeness (QED) is 0.878. The van der Waals surface area contributed by atoms with Gasteiger partial charge in [-0.2, -0.15) is 0 Å². The highest BCUT2D eigenvalue weighted by Crippen LogP contribution is 2.17. The van der Waals surface area contributed by atoms with Crippen LogP contribution in [0.3, 0.4) is 0 Å². The van der Waals surface area contributed by atoms with Crippen LogP contribution in [-0.2, 0) is 0 Å². The Balaban J connectivity index is 2.12. The summed E-state index contributed by atoms with van der Waals surface area (Å²) in [6.45, 7) is 1.73. The molecule has 0 saturated heterocycles. The van der Waals surface area contributed by atoms with Gasteiger partial charge >= 0.3 is 0 Å². The highest BCUT2D eigenvalue weighted by Gasteiger charge is 2.16. The van der Waals surface area contributed by atoms with Crippen molar-refractivity contribution in [2.75, 3.05) is 0 Å². The van der Waals surface area contributed by atoms with Crippen LogP contribution in [0.4, 0.5) is 4.39 Å². The molecule has 2 rings (SSSR count). The lowest BCUT2D eigenvalue weighted by Crippen LogP contribution is -2.27. The molecule has 1 heterocycles. The molecular weight excluding hydrogens is 237 g/mol. The fraction of sp³-hybridized carbons (Fsp3) is 0.154. The van der Waals surface area contributed by atoms with Crippen molar-refractivity contribution in [3.05, 3.63) is 53.7 Å². The number of amides is 1. The lowest BCUT2D eigenvalue weighted by molar-refractivity contribution is 0.0931. The number of benzene rings is 1. The molecule has 4 nitrogen and oxygen atoms in total. The number of hydrogen-bond donors (Lipinski definition) is 2. The van der Waals surface area contributed by atoms with Crippen LogP contribution in [-0.4, -0.2) is 11.0 Å². The topological polar surface area (TPSA) is 62.5 Å². The summed E-state index contributed by atoms with van der Waals surface area (Å²) >= 11 is 0. The van der Waals surface area contributed by atoms with Gasteiger partial charge in [0.1, 0.15) is 17.3 Å². The van der Waals surface area contributed by atoms with E-state index in [-0.39, 0.29) is 17.4 Å². The molecule has 0 aliphatic heterocycles. The van der Waals surface area contributed by atoms with Crippen molar-refractivity contribution in [1.82, 2.24) is 5.32 Å². The molecule has 0 aliphatic rings. The normalized spacial score (nSPS) is 12.1. The zero-order valence-corrected chi connectivity index (χ0v) is 9.68. The standard InChI is InChI=1S/C13H12FNO3/c1-8(12-3-2-6-18-12)15-13(17)10-5-4-9(16)7-11(10)14/h2-8,16H,1H3,(H,15,17). The fourth-order valence-corrected chi connectivity index (χ4v) is 1.57. The van der Waals surface area contributed by atoms with Crippen LogP contribution in [0, 0.1) is 5.82 Å². The number of hydrogen-bond acceptors (Lipinski definition) is 3. The zero-order valence-electron chi connectivity index (χ0n) is 9.68. The van der Waals surface area contributed by atoms with E-state index in [9.17, 15) is 9.18 Å². The van der Waals surface area contributed by atoms with E-state index in [1.807, 2.05) is 0 Å². The van der Waals surface area contributed by atoms with E-state index in [4.69, 9.17) is 9.52 Å². The second-order valence-electron chi connectivity index (χ2n) is 3.87. The first-order valence-electron chi connectivity index (χ1n) is 5.40. The molecule has 0 aliphatic carbocycles. The molecule has 1 unspecified atom stereocenters. The van der Waals surface area contributed by atoms with Gasteiger partial charge in [-0.05, 0) is 31.2 Å². The predicted octanol–water partition coefficient (Wildman–Crippen LogP) is 2.62. The van der Waals surface area contributed by atoms with Gasteiger partial charge in [0, 0.05) is 6.07 Å². The van der Waals surface area contributed by atoms with Crippen LogP contribution in [0.5, 0.6) is 5.75 Å². The van der Waals surface area contributed by atoms with E-state index in [2.05, 4.69) is 5.32 Å². The van der Waals surface area contributed by atoms with E-state index < -0.39 is 11.7 Å². The van der Waals surface area contributed by atoms with Crippen LogP contribution in [0.25, 0.3) is 0 Å². The summed E-state index contributed by atoms with van der Waals surface area (Å²) in [5.74, 6) is -0.957. The molecule has 18 heavy (non-hydrogen) atoms. The zero-order chi connectivity index (χ0) is 13.1. The Kier molecular flexibility index (Phi) is 3.32. The monoisotopic (exact) mass is 249 g/mol. The minimum absolute atomic E-state index is 0.119. The van der Waals surface area contributed by atoms with E-state index in [1.54, 1.807) is 19.1 Å². The Morgan fingerprint density at radius 3 is 2.83 bits per heavy atom. The van der Waals surface area contributed by atoms with Crippen molar-refractivity contribution in [3.63, 3.8) is 0 Å². The van der Waals surface area contributed by atoms with Gasteiger partial charge in [0.25, 0.3) is 5.91 Å². The molecule has 5 heteroatoms. The molecule has 2 N–H and O–H groups in total. The van der Waals surface area contributed by atoms with Crippen molar-refractivity contribution in [2.24, 2.45) is 0 Å². The predicted molar refractivity (Wildman–Crippen MR) is 62.7 cm³/mol. The number of phenolic OH excluding ortho intramolecular Hbond substituents is 1. The van der Waals surface area contributed by atoms with Crippen LogP contribution < -0.4 is 5.32 Å². The summed E-state index contributed by atoms with van der Waals surface area (Å²) in [5.41, 5.74) is -0.119. The lowest BCUT2D eigenvalue weighted by atomic mass is 10.1. The molecule has 1 aromatic carbocycles. The van der Waals surface area contributed by atoms with E-state index in [1.165, 1.54) is 18.4 Å². The van der Waals surface area contributed by atoms with Gasteiger partial charge in [0.05, 0.1) is 17.9 Å². The molecule has 0 radical (unpaired) electrons. The van der Waals surface area contributed by atoms with E-state index >= 15 is 0 Å². The Morgan fingerprint density at radius 1 is 1.44 bits per heavy atom. The van der Waals surface area contributed by atoms with Crippen molar-refractivity contribution < 1.29 is 18.7 Å². The van der Waals surface area contributed by atoms with Gasteiger partial charge in [-0.25, -0.2) is 4.39 Å². The molecular formula is C13H12FNO3. The molecule has 0 saturated carbocycles. The number of carbonyl (C=O) groups is 1. The van der Waals surface area contributed by atoms with Crippen molar-refractivity contribution in [1.29, 1.82) is 0 Å². The maximum absolute atomic E-state index is 13.4. The van der Waals surface area contributed by atoms with Gasteiger partial charge in [0.2, 0.25) is 0 Å². The SMILES string of the molecule is CC(NC(=O)c1ccc(O)cc1F)c1ccco1. The number of carbonyl (C=O) groups excluding carboxylic acids is 1. The molecule has 1 aromatic heterocycles. The Hall–Kier alpha value is -2.30. The van der Waals surface area contributed by atoms with Gasteiger partial charge in [-0.3, -0.25) is 4.79 Å². The van der Waals surface area contributed by atoms with Crippen LogP contribution in [0.2, 0.25) is 0 Å². The number of nitrogens with one attached hydrogen (secondary N) is 1. The third-order valence-electron chi connectivity index (χ3n) is 2.51.